The fourth-order valence-corrected chi connectivity index (χ4v) is 1.69. The van der Waals surface area contributed by atoms with Crippen LogP contribution in [-0.2, 0) is 5.54 Å². The Kier molecular flexibility index (Phi) is 2.29. The molecular formula is C10H17NO. The molecule has 0 saturated heterocycles. The third-order valence-corrected chi connectivity index (χ3v) is 2.26. The van der Waals surface area contributed by atoms with Crippen molar-refractivity contribution in [1.29, 1.82) is 0 Å². The lowest BCUT2D eigenvalue weighted by molar-refractivity contribution is 0.161. The van der Waals surface area contributed by atoms with Crippen LogP contribution >= 0.6 is 0 Å². The molecule has 0 aliphatic rings. The highest BCUT2D eigenvalue weighted by Crippen LogP contribution is 2.20. The Morgan fingerprint density at radius 1 is 1.25 bits per heavy atom. The van der Waals surface area contributed by atoms with Gasteiger partial charge >= 0.3 is 0 Å². The van der Waals surface area contributed by atoms with Crippen LogP contribution in [0.1, 0.15) is 25.2 Å². The molecule has 0 amide bonds. The molecule has 1 rings (SSSR count). The zero-order valence-corrected chi connectivity index (χ0v) is 8.26. The second kappa shape index (κ2) is 2.94. The van der Waals surface area contributed by atoms with Gasteiger partial charge < -0.3 is 9.67 Å². The lowest BCUT2D eigenvalue weighted by Gasteiger charge is -2.28. The van der Waals surface area contributed by atoms with E-state index < -0.39 is 0 Å². The minimum Gasteiger partial charge on any atom is -0.394 e. The molecule has 0 saturated carbocycles. The van der Waals surface area contributed by atoms with E-state index in [-0.39, 0.29) is 12.1 Å². The highest BCUT2D eigenvalue weighted by molar-refractivity contribution is 5.16. The maximum atomic E-state index is 9.19. The van der Waals surface area contributed by atoms with Crippen molar-refractivity contribution >= 4 is 0 Å². The number of aliphatic hydroxyl groups is 1. The van der Waals surface area contributed by atoms with Gasteiger partial charge in [0.15, 0.2) is 0 Å². The summed E-state index contributed by atoms with van der Waals surface area (Å²) in [6.45, 7) is 8.36. The molecule has 0 aliphatic carbocycles. The first-order chi connectivity index (χ1) is 5.49. The third kappa shape index (κ3) is 1.39. The summed E-state index contributed by atoms with van der Waals surface area (Å²) >= 11 is 0. The van der Waals surface area contributed by atoms with Gasteiger partial charge in [0.05, 0.1) is 12.1 Å². The van der Waals surface area contributed by atoms with E-state index in [2.05, 4.69) is 30.5 Å². The summed E-state index contributed by atoms with van der Waals surface area (Å²) in [5.74, 6) is 0. The summed E-state index contributed by atoms with van der Waals surface area (Å²) in [5, 5.41) is 9.19. The van der Waals surface area contributed by atoms with E-state index in [1.807, 2.05) is 13.8 Å². The summed E-state index contributed by atoms with van der Waals surface area (Å²) in [4.78, 5) is 0. The van der Waals surface area contributed by atoms with E-state index in [4.69, 9.17) is 0 Å². The molecule has 0 aliphatic heterocycles. The second-order valence-corrected chi connectivity index (χ2v) is 3.92. The fraction of sp³-hybridized carbons (Fsp3) is 0.600. The van der Waals surface area contributed by atoms with Crippen LogP contribution < -0.4 is 0 Å². The predicted octanol–water partition coefficient (Wildman–Crippen LogP) is 1.83. The number of hydrogen-bond acceptors (Lipinski definition) is 1. The topological polar surface area (TPSA) is 25.2 Å². The van der Waals surface area contributed by atoms with E-state index in [0.29, 0.717) is 0 Å². The van der Waals surface area contributed by atoms with Crippen LogP contribution in [0.4, 0.5) is 0 Å². The lowest BCUT2D eigenvalue weighted by atomic mass is 10.1. The highest BCUT2D eigenvalue weighted by atomic mass is 16.3. The van der Waals surface area contributed by atoms with Crippen LogP contribution in [0, 0.1) is 13.8 Å². The number of aromatic nitrogens is 1. The monoisotopic (exact) mass is 167 g/mol. The SMILES string of the molecule is Cc1ccc(C)n1C(C)(C)CO. The Morgan fingerprint density at radius 3 is 2.00 bits per heavy atom. The smallest absolute Gasteiger partial charge is 0.0661 e. The van der Waals surface area contributed by atoms with Crippen molar-refractivity contribution in [3.63, 3.8) is 0 Å². The van der Waals surface area contributed by atoms with E-state index in [9.17, 15) is 5.11 Å². The summed E-state index contributed by atoms with van der Waals surface area (Å²) in [6.07, 6.45) is 0. The molecule has 0 fully saturated rings. The molecule has 0 aromatic carbocycles. The van der Waals surface area contributed by atoms with Gasteiger partial charge in [0, 0.05) is 11.4 Å². The van der Waals surface area contributed by atoms with E-state index in [1.165, 1.54) is 11.4 Å². The molecule has 1 N–H and O–H groups in total. The normalized spacial score (nSPS) is 12.1. The maximum absolute atomic E-state index is 9.19. The molecule has 0 radical (unpaired) electrons. The molecule has 12 heavy (non-hydrogen) atoms. The standard InChI is InChI=1S/C10H17NO/c1-8-5-6-9(2)11(8)10(3,4)7-12/h5-6,12H,7H2,1-4H3. The third-order valence-electron chi connectivity index (χ3n) is 2.26. The van der Waals surface area contributed by atoms with Crippen molar-refractivity contribution in [2.45, 2.75) is 33.2 Å². The largest absolute Gasteiger partial charge is 0.394 e. The zero-order valence-electron chi connectivity index (χ0n) is 8.26. The van der Waals surface area contributed by atoms with Crippen LogP contribution in [0.25, 0.3) is 0 Å². The quantitative estimate of drug-likeness (QED) is 0.714. The van der Waals surface area contributed by atoms with Gasteiger partial charge in [0.25, 0.3) is 0 Å². The first-order valence-corrected chi connectivity index (χ1v) is 4.25. The Hall–Kier alpha value is -0.760. The molecule has 0 spiro atoms. The minimum absolute atomic E-state index is 0.170. The Bertz CT molecular complexity index is 254. The van der Waals surface area contributed by atoms with Gasteiger partial charge in [-0.3, -0.25) is 0 Å². The molecule has 1 heterocycles. The van der Waals surface area contributed by atoms with Crippen molar-refractivity contribution in [3.8, 4) is 0 Å². The molecule has 68 valence electrons. The molecule has 0 atom stereocenters. The van der Waals surface area contributed by atoms with Gasteiger partial charge in [0.2, 0.25) is 0 Å². The first kappa shape index (κ1) is 9.33. The number of hydrogen-bond donors (Lipinski definition) is 1. The molecule has 1 aromatic heterocycles. The van der Waals surface area contributed by atoms with Crippen LogP contribution in [0.15, 0.2) is 12.1 Å². The molecule has 2 heteroatoms. The average Bonchev–Trinajstić information content (AvgIpc) is 2.31. The summed E-state index contributed by atoms with van der Waals surface area (Å²) < 4.78 is 2.16. The van der Waals surface area contributed by atoms with Crippen molar-refractivity contribution in [2.75, 3.05) is 6.61 Å². The van der Waals surface area contributed by atoms with Crippen molar-refractivity contribution in [2.24, 2.45) is 0 Å². The predicted molar refractivity (Wildman–Crippen MR) is 50.3 cm³/mol. The van der Waals surface area contributed by atoms with Crippen molar-refractivity contribution in [1.82, 2.24) is 4.57 Å². The fourth-order valence-electron chi connectivity index (χ4n) is 1.69. The summed E-state index contributed by atoms with van der Waals surface area (Å²) in [7, 11) is 0. The number of aryl methyl sites for hydroxylation is 2. The first-order valence-electron chi connectivity index (χ1n) is 4.25. The number of rotatable bonds is 2. The minimum atomic E-state index is -0.183. The van der Waals surface area contributed by atoms with Crippen molar-refractivity contribution in [3.05, 3.63) is 23.5 Å². The van der Waals surface area contributed by atoms with E-state index in [0.717, 1.165) is 0 Å². The van der Waals surface area contributed by atoms with Gasteiger partial charge in [-0.1, -0.05) is 0 Å². The molecule has 1 aromatic rings. The van der Waals surface area contributed by atoms with Crippen LogP contribution in [0.3, 0.4) is 0 Å². The van der Waals surface area contributed by atoms with E-state index >= 15 is 0 Å². The Balaban J connectivity index is 3.17. The number of nitrogens with zero attached hydrogens (tertiary/aromatic N) is 1. The van der Waals surface area contributed by atoms with Gasteiger partial charge in [-0.15, -0.1) is 0 Å². The molecular weight excluding hydrogens is 150 g/mol. The second-order valence-electron chi connectivity index (χ2n) is 3.92. The van der Waals surface area contributed by atoms with Crippen LogP contribution in [0.5, 0.6) is 0 Å². The lowest BCUT2D eigenvalue weighted by Crippen LogP contribution is -2.32. The van der Waals surface area contributed by atoms with Gasteiger partial charge in [-0.2, -0.15) is 0 Å². The number of aliphatic hydroxyl groups excluding tert-OH is 1. The zero-order chi connectivity index (χ0) is 9.35. The van der Waals surface area contributed by atoms with E-state index in [1.54, 1.807) is 0 Å². The van der Waals surface area contributed by atoms with Gasteiger partial charge in [-0.25, -0.2) is 0 Å². The van der Waals surface area contributed by atoms with Crippen LogP contribution in [0.2, 0.25) is 0 Å². The highest BCUT2D eigenvalue weighted by Gasteiger charge is 2.21. The van der Waals surface area contributed by atoms with Gasteiger partial charge in [-0.05, 0) is 39.8 Å². The average molecular weight is 167 g/mol. The molecule has 2 nitrogen and oxygen atoms in total. The maximum Gasteiger partial charge on any atom is 0.0661 e. The Labute approximate surface area is 73.8 Å². The molecule has 0 unspecified atom stereocenters. The van der Waals surface area contributed by atoms with Gasteiger partial charge in [0.1, 0.15) is 0 Å². The summed E-state index contributed by atoms with van der Waals surface area (Å²) in [5.41, 5.74) is 2.22. The van der Waals surface area contributed by atoms with Crippen molar-refractivity contribution < 1.29 is 5.11 Å². The summed E-state index contributed by atoms with van der Waals surface area (Å²) in [6, 6.07) is 4.15. The molecule has 0 bridgehead atoms. The van der Waals surface area contributed by atoms with Crippen LogP contribution in [-0.4, -0.2) is 16.3 Å². The Morgan fingerprint density at radius 2 is 1.67 bits per heavy atom.